The van der Waals surface area contributed by atoms with Crippen molar-refractivity contribution >= 4 is 46.5 Å². The summed E-state index contributed by atoms with van der Waals surface area (Å²) < 4.78 is 0. The molecule has 1 aromatic heterocycles. The van der Waals surface area contributed by atoms with Crippen LogP contribution >= 0.6 is 0 Å². The molecule has 4 atom stereocenters. The summed E-state index contributed by atoms with van der Waals surface area (Å²) in [4.78, 5) is 69.7. The van der Waals surface area contributed by atoms with E-state index in [-0.39, 0.29) is 38.2 Å². The average molecular weight is 603 g/mol. The molecule has 2 aromatic rings. The molecule has 15 N–H and O–H groups in total. The number of aliphatic imine (C=N–C) groups is 1. The highest BCUT2D eigenvalue weighted by molar-refractivity contribution is 5.95. The molecule has 0 saturated heterocycles. The van der Waals surface area contributed by atoms with E-state index in [4.69, 9.17) is 28.7 Å². The van der Waals surface area contributed by atoms with E-state index in [1.807, 2.05) is 24.3 Å². The van der Waals surface area contributed by atoms with E-state index in [0.717, 1.165) is 10.9 Å². The molecule has 0 fully saturated rings. The number of carboxylic acid groups (broad SMARTS) is 1. The maximum Gasteiger partial charge on any atom is 0.326 e. The van der Waals surface area contributed by atoms with Gasteiger partial charge in [-0.05, 0) is 50.3 Å². The van der Waals surface area contributed by atoms with Gasteiger partial charge >= 0.3 is 5.97 Å². The average Bonchev–Trinajstić information content (AvgIpc) is 3.35. The second-order valence-corrected chi connectivity index (χ2v) is 10.1. The number of aromatic nitrogens is 1. The zero-order chi connectivity index (χ0) is 31.9. The predicted molar refractivity (Wildman–Crippen MR) is 160 cm³/mol. The van der Waals surface area contributed by atoms with Crippen LogP contribution in [0.1, 0.15) is 44.1 Å². The molecule has 16 heteroatoms. The number of benzene rings is 1. The van der Waals surface area contributed by atoms with E-state index >= 15 is 0 Å². The SMILES string of the molecule is NCCCCC(NC(=O)C(N)CC(N)=O)C(=O)NC(Cc1c[nH]c2ccccc12)C(=O)NC(CCCN=C(N)N)C(=O)O. The molecule has 4 amide bonds. The summed E-state index contributed by atoms with van der Waals surface area (Å²) in [5.74, 6) is -4.40. The van der Waals surface area contributed by atoms with Crippen molar-refractivity contribution in [3.63, 3.8) is 0 Å². The molecule has 4 unspecified atom stereocenters. The van der Waals surface area contributed by atoms with Gasteiger partial charge < -0.3 is 54.7 Å². The molecule has 236 valence electrons. The van der Waals surface area contributed by atoms with Gasteiger partial charge in [0.05, 0.1) is 12.5 Å². The number of amides is 4. The van der Waals surface area contributed by atoms with Crippen molar-refractivity contribution in [1.82, 2.24) is 20.9 Å². The Bertz CT molecular complexity index is 1290. The number of aromatic amines is 1. The summed E-state index contributed by atoms with van der Waals surface area (Å²) in [6.07, 6.45) is 2.78. The fourth-order valence-corrected chi connectivity index (χ4v) is 4.39. The molecule has 2 rings (SSSR count). The molecule has 0 aliphatic rings. The molecule has 0 bridgehead atoms. The van der Waals surface area contributed by atoms with Crippen molar-refractivity contribution in [2.75, 3.05) is 13.1 Å². The van der Waals surface area contributed by atoms with E-state index in [0.29, 0.717) is 24.9 Å². The number of unbranched alkanes of at least 4 members (excludes halogenated alkanes) is 1. The van der Waals surface area contributed by atoms with Gasteiger partial charge in [0.15, 0.2) is 5.96 Å². The van der Waals surface area contributed by atoms with Crippen LogP contribution in [0.15, 0.2) is 35.5 Å². The van der Waals surface area contributed by atoms with E-state index in [2.05, 4.69) is 25.9 Å². The van der Waals surface area contributed by atoms with Crippen molar-refractivity contribution in [3.8, 4) is 0 Å². The number of hydrogen-bond acceptors (Lipinski definition) is 8. The fourth-order valence-electron chi connectivity index (χ4n) is 4.39. The number of aliphatic carboxylic acids is 1. The number of nitrogens with one attached hydrogen (secondary N) is 4. The number of rotatable bonds is 19. The molecule has 43 heavy (non-hydrogen) atoms. The van der Waals surface area contributed by atoms with Crippen LogP contribution in [0.25, 0.3) is 10.9 Å². The Balaban J connectivity index is 2.30. The number of guanidine groups is 1. The normalized spacial score (nSPS) is 13.7. The monoisotopic (exact) mass is 602 g/mol. The van der Waals surface area contributed by atoms with Crippen molar-refractivity contribution in [2.24, 2.45) is 33.7 Å². The maximum atomic E-state index is 13.5. The molecular weight excluding hydrogens is 560 g/mol. The van der Waals surface area contributed by atoms with Crippen LogP contribution in [0, 0.1) is 0 Å². The molecule has 1 heterocycles. The summed E-state index contributed by atoms with van der Waals surface area (Å²) >= 11 is 0. The van der Waals surface area contributed by atoms with Crippen LogP contribution in [0.4, 0.5) is 0 Å². The predicted octanol–water partition coefficient (Wildman–Crippen LogP) is -2.37. The smallest absolute Gasteiger partial charge is 0.326 e. The summed E-state index contributed by atoms with van der Waals surface area (Å²) in [5.41, 5.74) is 28.6. The first-order valence-corrected chi connectivity index (χ1v) is 13.9. The largest absolute Gasteiger partial charge is 0.480 e. The van der Waals surface area contributed by atoms with Gasteiger partial charge in [0.25, 0.3) is 0 Å². The van der Waals surface area contributed by atoms with Gasteiger partial charge in [0, 0.05) is 30.1 Å². The maximum absolute atomic E-state index is 13.5. The first-order valence-electron chi connectivity index (χ1n) is 13.9. The standard InChI is InChI=1S/C27H42N10O6/c28-10-4-3-8-19(35-23(39)17(29)13-22(30)38)24(40)37-21(12-15-14-34-18-7-2-1-6-16(15)18)25(41)36-20(26(42)43)9-5-11-33-27(31)32/h1-2,6-7,14,17,19-21,34H,3-5,8-13,28-29H2,(H2,30,38)(H,35,39)(H,36,41)(H,37,40)(H,42,43)(H4,31,32,33). The second kappa shape index (κ2) is 17.3. The molecule has 0 saturated carbocycles. The van der Waals surface area contributed by atoms with Crippen LogP contribution in [0.5, 0.6) is 0 Å². The second-order valence-electron chi connectivity index (χ2n) is 10.1. The molecule has 1 aromatic carbocycles. The van der Waals surface area contributed by atoms with Crippen molar-refractivity contribution in [2.45, 2.75) is 69.1 Å². The lowest BCUT2D eigenvalue weighted by Crippen LogP contribution is -2.57. The Morgan fingerprint density at radius 2 is 1.49 bits per heavy atom. The highest BCUT2D eigenvalue weighted by Crippen LogP contribution is 2.19. The van der Waals surface area contributed by atoms with Gasteiger partial charge in [-0.2, -0.15) is 0 Å². The fraction of sp³-hybridized carbons (Fsp3) is 0.481. The summed E-state index contributed by atoms with van der Waals surface area (Å²) in [6.45, 7) is 0.522. The van der Waals surface area contributed by atoms with Crippen LogP contribution in [-0.4, -0.2) is 82.9 Å². The number of para-hydroxylation sites is 1. The van der Waals surface area contributed by atoms with Gasteiger partial charge in [-0.3, -0.25) is 24.2 Å². The number of hydrogen-bond donors (Lipinski definition) is 10. The van der Waals surface area contributed by atoms with Gasteiger partial charge in [-0.25, -0.2) is 4.79 Å². The van der Waals surface area contributed by atoms with E-state index in [9.17, 15) is 29.1 Å². The first-order chi connectivity index (χ1) is 20.4. The van der Waals surface area contributed by atoms with E-state index in [1.54, 1.807) is 6.20 Å². The number of nitrogens with two attached hydrogens (primary N) is 5. The lowest BCUT2D eigenvalue weighted by atomic mass is 10.0. The van der Waals surface area contributed by atoms with Gasteiger partial charge in [-0.15, -0.1) is 0 Å². The van der Waals surface area contributed by atoms with Crippen molar-refractivity contribution in [1.29, 1.82) is 0 Å². The highest BCUT2D eigenvalue weighted by atomic mass is 16.4. The van der Waals surface area contributed by atoms with Crippen LogP contribution in [0.2, 0.25) is 0 Å². The minimum absolute atomic E-state index is 0.00653. The molecule has 0 radical (unpaired) electrons. The Morgan fingerprint density at radius 1 is 0.860 bits per heavy atom. The summed E-state index contributed by atoms with van der Waals surface area (Å²) in [5, 5.41) is 18.2. The molecular formula is C27H42N10O6. The Morgan fingerprint density at radius 3 is 2.14 bits per heavy atom. The quantitative estimate of drug-likeness (QED) is 0.0463. The van der Waals surface area contributed by atoms with Crippen LogP contribution in [0.3, 0.4) is 0 Å². The number of H-pyrrole nitrogens is 1. The van der Waals surface area contributed by atoms with Gasteiger partial charge in [-0.1, -0.05) is 18.2 Å². The number of primary amides is 1. The number of nitrogens with zero attached hydrogens (tertiary/aromatic N) is 1. The number of carbonyl (C=O) groups excluding carboxylic acids is 4. The number of carbonyl (C=O) groups is 5. The Hall–Kier alpha value is -4.70. The lowest BCUT2D eigenvalue weighted by molar-refractivity contribution is -0.142. The first kappa shape index (κ1) is 34.5. The van der Waals surface area contributed by atoms with Crippen LogP contribution < -0.4 is 44.6 Å². The minimum atomic E-state index is -1.28. The molecule has 0 aliphatic carbocycles. The van der Waals surface area contributed by atoms with Gasteiger partial charge in [0.2, 0.25) is 23.6 Å². The third kappa shape index (κ3) is 11.6. The number of fused-ring (bicyclic) bond motifs is 1. The topological polar surface area (TPSA) is 300 Å². The third-order valence-electron chi connectivity index (χ3n) is 6.63. The zero-order valence-corrected chi connectivity index (χ0v) is 23.9. The van der Waals surface area contributed by atoms with Crippen LogP contribution in [-0.2, 0) is 30.4 Å². The Labute approximate surface area is 248 Å². The number of carboxylic acids is 1. The van der Waals surface area contributed by atoms with E-state index < -0.39 is 60.2 Å². The lowest BCUT2D eigenvalue weighted by Gasteiger charge is -2.25. The van der Waals surface area contributed by atoms with Crippen molar-refractivity contribution < 1.29 is 29.1 Å². The Kier molecular flexibility index (Phi) is 13.9. The molecule has 16 nitrogen and oxygen atoms in total. The summed E-state index contributed by atoms with van der Waals surface area (Å²) in [7, 11) is 0. The third-order valence-corrected chi connectivity index (χ3v) is 6.63. The van der Waals surface area contributed by atoms with Gasteiger partial charge in [0.1, 0.15) is 18.1 Å². The zero-order valence-electron chi connectivity index (χ0n) is 23.9. The van der Waals surface area contributed by atoms with E-state index in [1.165, 1.54) is 0 Å². The molecule has 0 aliphatic heterocycles. The summed E-state index contributed by atoms with van der Waals surface area (Å²) in [6, 6.07) is 2.46. The highest BCUT2D eigenvalue weighted by Gasteiger charge is 2.31. The minimum Gasteiger partial charge on any atom is -0.480 e. The molecule has 0 spiro atoms. The van der Waals surface area contributed by atoms with Crippen molar-refractivity contribution in [3.05, 3.63) is 36.0 Å².